The maximum absolute atomic E-state index is 13.1. The molecule has 0 aliphatic carbocycles. The first-order valence-electron chi connectivity index (χ1n) is 8.84. The Kier molecular flexibility index (Phi) is 7.86. The molecular weight excluding hydrogens is 336 g/mol. The number of carbonyl (C=O) groups is 2. The minimum atomic E-state index is -0.190. The first-order valence-corrected chi connectivity index (χ1v) is 10.6. The van der Waals surface area contributed by atoms with Crippen LogP contribution in [-0.2, 0) is 0 Å². The Morgan fingerprint density at radius 2 is 1.25 bits per heavy atom. The molecule has 0 N–H and O–H groups in total. The molecule has 0 bridgehead atoms. The second-order valence-corrected chi connectivity index (χ2v) is 8.08. The van der Waals surface area contributed by atoms with E-state index in [1.54, 1.807) is 0 Å². The summed E-state index contributed by atoms with van der Waals surface area (Å²) in [5.41, 5.74) is 0. The average molecular weight is 363 g/mol. The molecule has 0 saturated heterocycles. The number of rotatable bonds is 11. The minimum Gasteiger partial charge on any atom is -0.293 e. The fourth-order valence-electron chi connectivity index (χ4n) is 3.08. The summed E-state index contributed by atoms with van der Waals surface area (Å²) in [7, 11) is 0. The van der Waals surface area contributed by atoms with Crippen molar-refractivity contribution in [1.29, 1.82) is 0 Å². The van der Waals surface area contributed by atoms with E-state index in [2.05, 4.69) is 13.8 Å². The lowest BCUT2D eigenvalue weighted by atomic mass is 9.78. The Hall–Kier alpha value is -1.26. The predicted molar refractivity (Wildman–Crippen MR) is 103 cm³/mol. The largest absolute Gasteiger partial charge is 0.293 e. The molecule has 2 nitrogen and oxygen atoms in total. The third kappa shape index (κ3) is 4.87. The summed E-state index contributed by atoms with van der Waals surface area (Å²) in [6.45, 7) is 4.27. The van der Waals surface area contributed by atoms with Gasteiger partial charge in [0.1, 0.15) is 0 Å². The van der Waals surface area contributed by atoms with E-state index in [-0.39, 0.29) is 23.4 Å². The van der Waals surface area contributed by atoms with Crippen LogP contribution in [0.3, 0.4) is 0 Å². The predicted octanol–water partition coefficient (Wildman–Crippen LogP) is 6.49. The topological polar surface area (TPSA) is 34.1 Å². The first-order chi connectivity index (χ1) is 11.7. The molecule has 2 atom stereocenters. The van der Waals surface area contributed by atoms with Crippen molar-refractivity contribution in [3.63, 3.8) is 0 Å². The lowest BCUT2D eigenvalue weighted by Gasteiger charge is -2.24. The van der Waals surface area contributed by atoms with E-state index in [9.17, 15) is 9.59 Å². The van der Waals surface area contributed by atoms with Gasteiger partial charge in [-0.25, -0.2) is 0 Å². The second kappa shape index (κ2) is 9.90. The van der Waals surface area contributed by atoms with Gasteiger partial charge in [0.15, 0.2) is 11.6 Å². The van der Waals surface area contributed by atoms with Gasteiger partial charge >= 0.3 is 0 Å². The van der Waals surface area contributed by atoms with Gasteiger partial charge in [-0.15, -0.1) is 22.7 Å². The van der Waals surface area contributed by atoms with Gasteiger partial charge in [0.25, 0.3) is 0 Å². The molecule has 4 heteroatoms. The van der Waals surface area contributed by atoms with E-state index in [0.717, 1.165) is 48.3 Å². The lowest BCUT2D eigenvalue weighted by Crippen LogP contribution is -2.30. The Bertz CT molecular complexity index is 558. The van der Waals surface area contributed by atoms with Gasteiger partial charge in [0.05, 0.1) is 9.75 Å². The number of hydrogen-bond acceptors (Lipinski definition) is 4. The quantitative estimate of drug-likeness (QED) is 0.428. The van der Waals surface area contributed by atoms with Gasteiger partial charge in [-0.3, -0.25) is 9.59 Å². The molecule has 2 aromatic heterocycles. The van der Waals surface area contributed by atoms with Crippen LogP contribution in [0.15, 0.2) is 35.0 Å². The molecule has 0 aliphatic heterocycles. The highest BCUT2D eigenvalue weighted by Gasteiger charge is 2.34. The van der Waals surface area contributed by atoms with Crippen LogP contribution >= 0.6 is 22.7 Å². The van der Waals surface area contributed by atoms with Crippen molar-refractivity contribution in [1.82, 2.24) is 0 Å². The summed E-state index contributed by atoms with van der Waals surface area (Å²) in [5, 5.41) is 3.87. The summed E-state index contributed by atoms with van der Waals surface area (Å²) in [4.78, 5) is 27.7. The fourth-order valence-corrected chi connectivity index (χ4v) is 4.54. The van der Waals surface area contributed by atoms with E-state index in [4.69, 9.17) is 0 Å². The SMILES string of the molecule is CCCCC(C(=O)c1cccs1)C(CCCC)C(=O)c1cccs1. The van der Waals surface area contributed by atoms with Crippen molar-refractivity contribution in [2.75, 3.05) is 0 Å². The Morgan fingerprint density at radius 3 is 1.54 bits per heavy atom. The van der Waals surface area contributed by atoms with Crippen LogP contribution in [0.25, 0.3) is 0 Å². The second-order valence-electron chi connectivity index (χ2n) is 6.18. The fraction of sp³-hybridized carbons (Fsp3) is 0.500. The van der Waals surface area contributed by atoms with Gasteiger partial charge < -0.3 is 0 Å². The van der Waals surface area contributed by atoms with Gasteiger partial charge in [-0.1, -0.05) is 51.7 Å². The number of Topliss-reactive ketones (excluding diaryl/α,β-unsaturated/α-hetero) is 2. The van der Waals surface area contributed by atoms with Crippen LogP contribution in [0.5, 0.6) is 0 Å². The zero-order valence-electron chi connectivity index (χ0n) is 14.5. The lowest BCUT2D eigenvalue weighted by molar-refractivity contribution is 0.0746. The molecule has 2 aromatic rings. The van der Waals surface area contributed by atoms with Gasteiger partial charge in [-0.05, 0) is 35.7 Å². The van der Waals surface area contributed by atoms with E-state index in [1.165, 1.54) is 22.7 Å². The molecule has 0 spiro atoms. The summed E-state index contributed by atoms with van der Waals surface area (Å²) in [5.74, 6) is -0.0663. The number of unbranched alkanes of at least 4 members (excludes halogenated alkanes) is 2. The summed E-state index contributed by atoms with van der Waals surface area (Å²) in [6, 6.07) is 7.60. The van der Waals surface area contributed by atoms with Crippen molar-refractivity contribution in [3.8, 4) is 0 Å². The highest BCUT2D eigenvalue weighted by molar-refractivity contribution is 7.12. The van der Waals surface area contributed by atoms with E-state index < -0.39 is 0 Å². The average Bonchev–Trinajstić information content (AvgIpc) is 3.30. The minimum absolute atomic E-state index is 0.157. The van der Waals surface area contributed by atoms with Crippen molar-refractivity contribution in [3.05, 3.63) is 44.8 Å². The normalized spacial score (nSPS) is 13.6. The van der Waals surface area contributed by atoms with Crippen LogP contribution in [0.2, 0.25) is 0 Å². The number of hydrogen-bond donors (Lipinski definition) is 0. The Labute approximate surface area is 152 Å². The molecule has 2 heterocycles. The van der Waals surface area contributed by atoms with E-state index in [1.807, 2.05) is 35.0 Å². The molecule has 2 rings (SSSR count). The smallest absolute Gasteiger partial charge is 0.176 e. The molecule has 130 valence electrons. The van der Waals surface area contributed by atoms with Crippen molar-refractivity contribution in [2.45, 2.75) is 52.4 Å². The molecule has 24 heavy (non-hydrogen) atoms. The Morgan fingerprint density at radius 1 is 0.833 bits per heavy atom. The molecule has 0 aromatic carbocycles. The summed E-state index contributed by atoms with van der Waals surface area (Å²) in [6.07, 6.45) is 5.67. The molecule has 0 fully saturated rings. The summed E-state index contributed by atoms with van der Waals surface area (Å²) < 4.78 is 0. The summed E-state index contributed by atoms with van der Waals surface area (Å²) >= 11 is 2.97. The van der Waals surface area contributed by atoms with Crippen molar-refractivity contribution >= 4 is 34.2 Å². The Balaban J connectivity index is 2.28. The first kappa shape index (κ1) is 19.1. The van der Waals surface area contributed by atoms with Crippen LogP contribution in [0.1, 0.15) is 71.7 Å². The highest BCUT2D eigenvalue weighted by Crippen LogP contribution is 2.32. The highest BCUT2D eigenvalue weighted by atomic mass is 32.1. The van der Waals surface area contributed by atoms with Gasteiger partial charge in [0.2, 0.25) is 0 Å². The maximum Gasteiger partial charge on any atom is 0.176 e. The van der Waals surface area contributed by atoms with Gasteiger partial charge in [-0.2, -0.15) is 0 Å². The number of carbonyl (C=O) groups excluding carboxylic acids is 2. The van der Waals surface area contributed by atoms with Crippen molar-refractivity contribution < 1.29 is 9.59 Å². The molecule has 0 amide bonds. The monoisotopic (exact) mass is 362 g/mol. The van der Waals surface area contributed by atoms with Crippen molar-refractivity contribution in [2.24, 2.45) is 11.8 Å². The molecule has 0 saturated carbocycles. The zero-order chi connectivity index (χ0) is 17.4. The standard InChI is InChI=1S/C20H26O2S2/c1-3-5-9-15(19(21)17-11-7-13-23-17)16(10-6-4-2)20(22)18-12-8-14-24-18/h7-8,11-16H,3-6,9-10H2,1-2H3. The van der Waals surface area contributed by atoms with Crippen LogP contribution in [0, 0.1) is 11.8 Å². The third-order valence-corrected chi connectivity index (χ3v) is 6.19. The van der Waals surface area contributed by atoms with E-state index in [0.29, 0.717) is 0 Å². The zero-order valence-corrected chi connectivity index (χ0v) is 16.1. The van der Waals surface area contributed by atoms with Crippen LogP contribution < -0.4 is 0 Å². The van der Waals surface area contributed by atoms with Crippen LogP contribution in [-0.4, -0.2) is 11.6 Å². The molecular formula is C20H26O2S2. The van der Waals surface area contributed by atoms with E-state index >= 15 is 0 Å². The molecule has 0 aliphatic rings. The molecule has 0 radical (unpaired) electrons. The number of thiophene rings is 2. The molecule has 2 unspecified atom stereocenters. The maximum atomic E-state index is 13.1. The number of ketones is 2. The van der Waals surface area contributed by atoms with Crippen LogP contribution in [0.4, 0.5) is 0 Å². The third-order valence-electron chi connectivity index (χ3n) is 4.42. The van der Waals surface area contributed by atoms with Gasteiger partial charge in [0, 0.05) is 11.8 Å².